The summed E-state index contributed by atoms with van der Waals surface area (Å²) in [7, 11) is 0. The van der Waals surface area contributed by atoms with E-state index < -0.39 is 12.2 Å². The minimum Gasteiger partial charge on any atom is -0.491 e. The Labute approximate surface area is 237 Å². The van der Waals surface area contributed by atoms with Crippen LogP contribution < -0.4 is 9.47 Å². The molecule has 0 aliphatic rings. The highest BCUT2D eigenvalue weighted by Gasteiger charge is 2.26. The van der Waals surface area contributed by atoms with E-state index in [2.05, 4.69) is 92.8 Å². The number of hydrogen-bond donors (Lipinski definition) is 2. The van der Waals surface area contributed by atoms with Gasteiger partial charge in [0.25, 0.3) is 0 Å². The molecule has 0 spiro atoms. The summed E-state index contributed by atoms with van der Waals surface area (Å²) < 4.78 is 12.1. The van der Waals surface area contributed by atoms with Crippen molar-refractivity contribution in [1.29, 1.82) is 0 Å². The van der Waals surface area contributed by atoms with Gasteiger partial charge in [0, 0.05) is 5.41 Å². The highest BCUT2D eigenvalue weighted by atomic mass is 16.5. The molecule has 0 bridgehead atoms. The zero-order chi connectivity index (χ0) is 29.4. The number of rotatable bonds is 14. The van der Waals surface area contributed by atoms with Crippen LogP contribution in [0.4, 0.5) is 0 Å². The van der Waals surface area contributed by atoms with Crippen molar-refractivity contribution >= 4 is 0 Å². The minimum atomic E-state index is -0.517. The first-order valence-corrected chi connectivity index (χ1v) is 14.2. The van der Waals surface area contributed by atoms with E-state index in [0.717, 1.165) is 22.6 Å². The van der Waals surface area contributed by atoms with Crippen LogP contribution in [0.1, 0.15) is 90.5 Å². The van der Waals surface area contributed by atoms with Gasteiger partial charge in [-0.05, 0) is 70.9 Å². The summed E-state index contributed by atoms with van der Waals surface area (Å²) in [5, 5.41) is 20.9. The fourth-order valence-electron chi connectivity index (χ4n) is 4.92. The fourth-order valence-corrected chi connectivity index (χ4v) is 4.92. The van der Waals surface area contributed by atoms with E-state index in [0.29, 0.717) is 25.7 Å². The van der Waals surface area contributed by atoms with Gasteiger partial charge in [-0.15, -0.1) is 13.2 Å². The first kappa shape index (κ1) is 32.7. The largest absolute Gasteiger partial charge is 0.491 e. The molecular weight excluding hydrogens is 484 g/mol. The fraction of sp³-hybridized carbons (Fsp3) is 0.543. The minimum absolute atomic E-state index is 0.0396. The van der Waals surface area contributed by atoms with Crippen molar-refractivity contribution in [3.05, 3.63) is 84.0 Å². The molecule has 4 nitrogen and oxygen atoms in total. The molecule has 216 valence electrons. The highest BCUT2D eigenvalue weighted by Crippen LogP contribution is 2.37. The molecule has 0 radical (unpaired) electrons. The van der Waals surface area contributed by atoms with Crippen molar-refractivity contribution in [1.82, 2.24) is 0 Å². The van der Waals surface area contributed by atoms with Crippen LogP contribution in [0.3, 0.4) is 0 Å². The van der Waals surface area contributed by atoms with Gasteiger partial charge in [-0.2, -0.15) is 0 Å². The first-order valence-electron chi connectivity index (χ1n) is 14.2. The normalized spacial score (nSPS) is 14.0. The zero-order valence-corrected chi connectivity index (χ0v) is 25.6. The van der Waals surface area contributed by atoms with Crippen LogP contribution in [0.2, 0.25) is 0 Å². The van der Waals surface area contributed by atoms with Gasteiger partial charge >= 0.3 is 0 Å². The van der Waals surface area contributed by atoms with E-state index >= 15 is 0 Å². The molecule has 2 aromatic carbocycles. The quantitative estimate of drug-likeness (QED) is 0.242. The van der Waals surface area contributed by atoms with Crippen molar-refractivity contribution < 1.29 is 19.7 Å². The third-order valence-electron chi connectivity index (χ3n) is 6.85. The third kappa shape index (κ3) is 10.5. The molecular formula is C35H52O4. The lowest BCUT2D eigenvalue weighted by Gasteiger charge is -2.29. The molecule has 0 saturated heterocycles. The molecule has 0 aromatic heterocycles. The van der Waals surface area contributed by atoms with E-state index in [-0.39, 0.29) is 29.5 Å². The van der Waals surface area contributed by atoms with E-state index in [1.807, 2.05) is 24.3 Å². The van der Waals surface area contributed by atoms with E-state index in [4.69, 9.17) is 9.47 Å². The van der Waals surface area contributed by atoms with Crippen LogP contribution in [-0.2, 0) is 18.3 Å². The van der Waals surface area contributed by atoms with Crippen molar-refractivity contribution in [2.45, 2.75) is 98.7 Å². The Hall–Kier alpha value is -2.56. The standard InChI is InChI=1S/C35H52O4/c1-11-13-25-19-27(15-17-31(25)38-23-29(36)21-33(3,4)5)35(9,10)28-16-18-32(26(20-28)14-12-2)39-24-30(37)22-34(6,7)8/h11-12,15-20,29-30,36-37H,1-2,13-14,21-24H2,3-10H3. The van der Waals surface area contributed by atoms with Gasteiger partial charge in [-0.1, -0.05) is 91.8 Å². The second-order valence-electron chi connectivity index (χ2n) is 13.7. The van der Waals surface area contributed by atoms with Crippen LogP contribution >= 0.6 is 0 Å². The number of allylic oxidation sites excluding steroid dienone is 2. The van der Waals surface area contributed by atoms with Crippen molar-refractivity contribution in [2.75, 3.05) is 13.2 Å². The summed E-state index contributed by atoms with van der Waals surface area (Å²) in [6, 6.07) is 12.6. The molecule has 0 heterocycles. The molecule has 2 aromatic rings. The summed E-state index contributed by atoms with van der Waals surface area (Å²) in [5.41, 5.74) is 4.24. The topological polar surface area (TPSA) is 58.9 Å². The molecule has 4 heteroatoms. The molecule has 2 rings (SSSR count). The third-order valence-corrected chi connectivity index (χ3v) is 6.85. The molecule has 0 aliphatic carbocycles. The predicted molar refractivity (Wildman–Crippen MR) is 164 cm³/mol. The van der Waals surface area contributed by atoms with Crippen LogP contribution in [0.15, 0.2) is 61.7 Å². The van der Waals surface area contributed by atoms with E-state index in [1.165, 1.54) is 11.1 Å². The van der Waals surface area contributed by atoms with Gasteiger partial charge in [-0.3, -0.25) is 0 Å². The van der Waals surface area contributed by atoms with Gasteiger partial charge in [0.15, 0.2) is 0 Å². The highest BCUT2D eigenvalue weighted by molar-refractivity contribution is 5.48. The van der Waals surface area contributed by atoms with Gasteiger partial charge in [0.05, 0.1) is 12.2 Å². The Kier molecular flexibility index (Phi) is 11.4. The number of ether oxygens (including phenoxy) is 2. The Morgan fingerprint density at radius 3 is 1.33 bits per heavy atom. The number of aliphatic hydroxyl groups is 2. The van der Waals surface area contributed by atoms with Gasteiger partial charge in [-0.25, -0.2) is 0 Å². The average molecular weight is 537 g/mol. The molecule has 39 heavy (non-hydrogen) atoms. The van der Waals surface area contributed by atoms with Crippen LogP contribution in [0.5, 0.6) is 11.5 Å². The zero-order valence-electron chi connectivity index (χ0n) is 25.6. The van der Waals surface area contributed by atoms with Gasteiger partial charge in [0.2, 0.25) is 0 Å². The Balaban J connectivity index is 2.28. The number of aliphatic hydroxyl groups excluding tert-OH is 2. The van der Waals surface area contributed by atoms with Crippen molar-refractivity contribution in [2.24, 2.45) is 10.8 Å². The van der Waals surface area contributed by atoms with Crippen LogP contribution in [-0.4, -0.2) is 35.6 Å². The van der Waals surface area contributed by atoms with Crippen LogP contribution in [0.25, 0.3) is 0 Å². The average Bonchev–Trinajstić information content (AvgIpc) is 2.80. The lowest BCUT2D eigenvalue weighted by Crippen LogP contribution is -2.24. The Bertz CT molecular complexity index is 999. The number of benzene rings is 2. The van der Waals surface area contributed by atoms with Crippen molar-refractivity contribution in [3.63, 3.8) is 0 Å². The van der Waals surface area contributed by atoms with Gasteiger partial charge < -0.3 is 19.7 Å². The molecule has 2 atom stereocenters. The van der Waals surface area contributed by atoms with Crippen LogP contribution in [0, 0.1) is 10.8 Å². The smallest absolute Gasteiger partial charge is 0.122 e. The summed E-state index contributed by atoms with van der Waals surface area (Å²) in [6.45, 7) is 25.5. The summed E-state index contributed by atoms with van der Waals surface area (Å²) in [4.78, 5) is 0. The lowest BCUT2D eigenvalue weighted by atomic mass is 9.76. The first-order chi connectivity index (χ1) is 18.1. The Morgan fingerprint density at radius 2 is 1.03 bits per heavy atom. The van der Waals surface area contributed by atoms with Crippen molar-refractivity contribution in [3.8, 4) is 11.5 Å². The lowest BCUT2D eigenvalue weighted by molar-refractivity contribution is 0.0705. The summed E-state index contributed by atoms with van der Waals surface area (Å²) in [6.07, 6.45) is 5.45. The van der Waals surface area contributed by atoms with E-state index in [9.17, 15) is 10.2 Å². The maximum Gasteiger partial charge on any atom is 0.122 e. The molecule has 0 saturated carbocycles. The van der Waals surface area contributed by atoms with Gasteiger partial charge in [0.1, 0.15) is 24.7 Å². The second-order valence-corrected chi connectivity index (χ2v) is 13.7. The maximum atomic E-state index is 10.4. The SMILES string of the molecule is C=CCc1cc(C(C)(C)c2ccc(OCC(O)CC(C)(C)C)c(CC=C)c2)ccc1OCC(O)CC(C)(C)C. The summed E-state index contributed by atoms with van der Waals surface area (Å²) in [5.74, 6) is 1.57. The summed E-state index contributed by atoms with van der Waals surface area (Å²) >= 11 is 0. The molecule has 2 N–H and O–H groups in total. The van der Waals surface area contributed by atoms with E-state index in [1.54, 1.807) is 0 Å². The molecule has 0 aliphatic heterocycles. The monoisotopic (exact) mass is 536 g/mol. The second kappa shape index (κ2) is 13.7. The molecule has 0 fully saturated rings. The maximum absolute atomic E-state index is 10.4. The Morgan fingerprint density at radius 1 is 0.667 bits per heavy atom. The molecule has 2 unspecified atom stereocenters. The molecule has 0 amide bonds. The predicted octanol–water partition coefficient (Wildman–Crippen LogP) is 7.82. The number of hydrogen-bond acceptors (Lipinski definition) is 4.